The molecule has 1 heterocycles. The zero-order chi connectivity index (χ0) is 46.2. The van der Waals surface area contributed by atoms with Gasteiger partial charge in [-0.05, 0) is 101 Å². The van der Waals surface area contributed by atoms with E-state index in [0.717, 1.165) is 28.8 Å². The normalized spacial score (nSPS) is 14.2. The zero-order valence-electron chi connectivity index (χ0n) is 33.5. The summed E-state index contributed by atoms with van der Waals surface area (Å²) in [4.78, 5) is 28.6. The Morgan fingerprint density at radius 3 is 1.48 bits per heavy atom. The molecule has 64 heavy (non-hydrogen) atoms. The SMILES string of the molecule is CC(=O)N[C@H](CCC(=O)c1c(F)cccc1F)c1ccc(-c2ccc(OC(F)(F)F)cc2)cc1.Fc1cccc(F)c1C1=N[C@@H](c2ccc(-c3ccc(OC(F)(F)F)cc3)cc2)CC1. The molecular weight excluding hydrogens is 859 g/mol. The van der Waals surface area contributed by atoms with Crippen LogP contribution in [0, 0.1) is 23.3 Å². The highest BCUT2D eigenvalue weighted by atomic mass is 19.4. The number of carbonyl (C=O) groups is 2. The van der Waals surface area contributed by atoms with Gasteiger partial charge in [0.25, 0.3) is 0 Å². The molecule has 6 aromatic carbocycles. The second-order valence-electron chi connectivity index (χ2n) is 14.4. The molecule has 6 nitrogen and oxygen atoms in total. The van der Waals surface area contributed by atoms with Crippen LogP contribution < -0.4 is 14.8 Å². The summed E-state index contributed by atoms with van der Waals surface area (Å²) in [5.74, 6) is -4.83. The number of amides is 1. The molecule has 16 heteroatoms. The summed E-state index contributed by atoms with van der Waals surface area (Å²) in [5, 5.41) is 2.72. The Labute approximate surface area is 360 Å². The smallest absolute Gasteiger partial charge is 0.406 e. The van der Waals surface area contributed by atoms with Gasteiger partial charge in [0.05, 0.1) is 23.2 Å². The van der Waals surface area contributed by atoms with Crippen molar-refractivity contribution < 1.29 is 63.0 Å². The van der Waals surface area contributed by atoms with Crippen LogP contribution in [0.4, 0.5) is 43.9 Å². The summed E-state index contributed by atoms with van der Waals surface area (Å²) in [6.07, 6.45) is -8.48. The van der Waals surface area contributed by atoms with Gasteiger partial charge in [-0.15, -0.1) is 26.3 Å². The largest absolute Gasteiger partial charge is 0.573 e. The quantitative estimate of drug-likeness (QED) is 0.0981. The third-order valence-corrected chi connectivity index (χ3v) is 9.95. The lowest BCUT2D eigenvalue weighted by atomic mass is 9.95. The molecule has 0 saturated carbocycles. The summed E-state index contributed by atoms with van der Waals surface area (Å²) in [6.45, 7) is 1.31. The van der Waals surface area contributed by atoms with Crippen molar-refractivity contribution in [1.29, 1.82) is 0 Å². The van der Waals surface area contributed by atoms with Gasteiger partial charge in [0, 0.05) is 19.1 Å². The Balaban J connectivity index is 0.000000214. The molecule has 1 amide bonds. The molecule has 1 aliphatic heterocycles. The first kappa shape index (κ1) is 46.5. The Hall–Kier alpha value is -6.97. The molecule has 0 saturated heterocycles. The molecular formula is C48H36F10N2O4. The van der Waals surface area contributed by atoms with E-state index in [1.807, 2.05) is 24.3 Å². The van der Waals surface area contributed by atoms with E-state index in [4.69, 9.17) is 0 Å². The first-order valence-electron chi connectivity index (χ1n) is 19.5. The van der Waals surface area contributed by atoms with E-state index < -0.39 is 53.4 Å². The number of nitrogens with one attached hydrogen (secondary N) is 1. The maximum absolute atomic E-state index is 14.0. The number of alkyl halides is 6. The molecule has 1 aliphatic rings. The first-order chi connectivity index (χ1) is 30.3. The number of benzene rings is 6. The Morgan fingerprint density at radius 1 is 0.625 bits per heavy atom. The number of ether oxygens (including phenoxy) is 2. The monoisotopic (exact) mass is 894 g/mol. The molecule has 0 spiro atoms. The van der Waals surface area contributed by atoms with Crippen LogP contribution in [0.5, 0.6) is 11.5 Å². The van der Waals surface area contributed by atoms with E-state index in [2.05, 4.69) is 19.8 Å². The molecule has 0 fully saturated rings. The molecule has 7 rings (SSSR count). The maximum atomic E-state index is 14.0. The lowest BCUT2D eigenvalue weighted by Crippen LogP contribution is -2.26. The molecule has 1 N–H and O–H groups in total. The Kier molecular flexibility index (Phi) is 14.6. The third-order valence-electron chi connectivity index (χ3n) is 9.95. The number of rotatable bonds is 12. The maximum Gasteiger partial charge on any atom is 0.573 e. The van der Waals surface area contributed by atoms with Crippen molar-refractivity contribution in [3.63, 3.8) is 0 Å². The topological polar surface area (TPSA) is 77.0 Å². The summed E-state index contributed by atoms with van der Waals surface area (Å²) in [6, 6.07) is 31.3. The van der Waals surface area contributed by atoms with E-state index in [1.54, 1.807) is 36.4 Å². The fraction of sp³-hybridized carbons (Fsp3) is 0.188. The van der Waals surface area contributed by atoms with Crippen LogP contribution in [0.25, 0.3) is 22.3 Å². The first-order valence-corrected chi connectivity index (χ1v) is 19.5. The van der Waals surface area contributed by atoms with Crippen LogP contribution in [-0.4, -0.2) is 30.1 Å². The Bertz CT molecular complexity index is 2550. The van der Waals surface area contributed by atoms with Gasteiger partial charge in [0.1, 0.15) is 34.8 Å². The van der Waals surface area contributed by atoms with Gasteiger partial charge in [0.2, 0.25) is 5.91 Å². The van der Waals surface area contributed by atoms with Crippen LogP contribution in [0.2, 0.25) is 0 Å². The number of hydrogen-bond donors (Lipinski definition) is 1. The molecule has 0 aliphatic carbocycles. The number of hydrogen-bond acceptors (Lipinski definition) is 5. The summed E-state index contributed by atoms with van der Waals surface area (Å²) < 4.78 is 137. The second kappa shape index (κ2) is 20.0. The van der Waals surface area contributed by atoms with Crippen LogP contribution in [0.15, 0.2) is 138 Å². The van der Waals surface area contributed by atoms with Gasteiger partial charge >= 0.3 is 12.7 Å². The highest BCUT2D eigenvalue weighted by Crippen LogP contribution is 2.35. The number of nitrogens with zero attached hydrogens (tertiary/aromatic N) is 1. The Morgan fingerprint density at radius 2 is 1.05 bits per heavy atom. The van der Waals surface area contributed by atoms with Gasteiger partial charge in [-0.25, -0.2) is 17.6 Å². The highest BCUT2D eigenvalue weighted by molar-refractivity contribution is 6.02. The molecule has 2 atom stereocenters. The summed E-state index contributed by atoms with van der Waals surface area (Å²) in [5.41, 5.74) is 4.19. The minimum absolute atomic E-state index is 0.0715. The van der Waals surface area contributed by atoms with Gasteiger partial charge in [0.15, 0.2) is 5.78 Å². The predicted octanol–water partition coefficient (Wildman–Crippen LogP) is 13.2. The average molecular weight is 895 g/mol. The molecule has 332 valence electrons. The number of ketones is 1. The number of halogens is 10. The summed E-state index contributed by atoms with van der Waals surface area (Å²) in [7, 11) is 0. The van der Waals surface area contributed by atoms with Crippen LogP contribution >= 0.6 is 0 Å². The molecule has 0 aromatic heterocycles. The van der Waals surface area contributed by atoms with Crippen molar-refractivity contribution in [3.05, 3.63) is 179 Å². The van der Waals surface area contributed by atoms with Crippen molar-refractivity contribution in [2.24, 2.45) is 4.99 Å². The van der Waals surface area contributed by atoms with E-state index >= 15 is 0 Å². The average Bonchev–Trinajstić information content (AvgIpc) is 3.72. The highest BCUT2D eigenvalue weighted by Gasteiger charge is 2.32. The number of aliphatic imine (C=N–C) groups is 1. The van der Waals surface area contributed by atoms with E-state index in [9.17, 15) is 53.5 Å². The van der Waals surface area contributed by atoms with Crippen LogP contribution in [0.3, 0.4) is 0 Å². The molecule has 6 aromatic rings. The van der Waals surface area contributed by atoms with Crippen LogP contribution in [0.1, 0.15) is 71.7 Å². The summed E-state index contributed by atoms with van der Waals surface area (Å²) >= 11 is 0. The van der Waals surface area contributed by atoms with Crippen molar-refractivity contribution in [2.45, 2.75) is 57.4 Å². The molecule has 0 radical (unpaired) electrons. The van der Waals surface area contributed by atoms with Crippen molar-refractivity contribution in [1.82, 2.24) is 5.32 Å². The van der Waals surface area contributed by atoms with Crippen molar-refractivity contribution in [2.75, 3.05) is 0 Å². The lowest BCUT2D eigenvalue weighted by molar-refractivity contribution is -0.275. The van der Waals surface area contributed by atoms with E-state index in [-0.39, 0.29) is 41.9 Å². The number of carbonyl (C=O) groups excluding carboxylic acids is 2. The van der Waals surface area contributed by atoms with Crippen molar-refractivity contribution in [3.8, 4) is 33.8 Å². The fourth-order valence-corrected chi connectivity index (χ4v) is 7.03. The minimum Gasteiger partial charge on any atom is -0.406 e. The third kappa shape index (κ3) is 12.6. The molecule has 0 unspecified atom stereocenters. The lowest BCUT2D eigenvalue weighted by Gasteiger charge is -2.19. The van der Waals surface area contributed by atoms with Gasteiger partial charge < -0.3 is 14.8 Å². The fourth-order valence-electron chi connectivity index (χ4n) is 7.03. The van der Waals surface area contributed by atoms with Gasteiger partial charge in [-0.2, -0.15) is 0 Å². The van der Waals surface area contributed by atoms with Crippen LogP contribution in [-0.2, 0) is 4.79 Å². The second-order valence-corrected chi connectivity index (χ2v) is 14.4. The van der Waals surface area contributed by atoms with Gasteiger partial charge in [-0.3, -0.25) is 14.6 Å². The van der Waals surface area contributed by atoms with E-state index in [0.29, 0.717) is 35.2 Å². The van der Waals surface area contributed by atoms with E-state index in [1.165, 1.54) is 67.6 Å². The molecule has 0 bridgehead atoms. The zero-order valence-corrected chi connectivity index (χ0v) is 33.5. The minimum atomic E-state index is -4.78. The van der Waals surface area contributed by atoms with Gasteiger partial charge in [-0.1, -0.05) is 84.9 Å². The number of Topliss-reactive ketones (excluding diaryl/α,β-unsaturated/α-hetero) is 1. The predicted molar refractivity (Wildman–Crippen MR) is 218 cm³/mol. The van der Waals surface area contributed by atoms with Crippen molar-refractivity contribution >= 4 is 17.4 Å². The standard InChI is InChI=1S/C25H20F5NO3.C23H16F5NO/c1-15(32)31-22(13-14-23(33)24-20(26)3-2-4-21(24)27)18-7-5-16(6-8-18)17-9-11-19(12-10-17)34-25(28,29)30;24-18-2-1-3-19(25)22(18)21-13-12-20(29-21)16-6-4-14(5-7-16)15-8-10-17(11-9-15)30-23(26,27)28/h2-12,22H,13-14H2,1H3,(H,31,32);1-11,20H,12-13H2/t22-;20-/m11/s1.